The third-order valence-electron chi connectivity index (χ3n) is 3.54. The fourth-order valence-corrected chi connectivity index (χ4v) is 2.50. The molecule has 8 heteroatoms. The molecule has 0 fully saturated rings. The van der Waals surface area contributed by atoms with E-state index in [9.17, 15) is 14.4 Å². The molecule has 27 heavy (non-hydrogen) atoms. The molecule has 0 saturated carbocycles. The summed E-state index contributed by atoms with van der Waals surface area (Å²) in [6.45, 7) is 2.91. The van der Waals surface area contributed by atoms with Gasteiger partial charge in [0.2, 0.25) is 0 Å². The molecular weight excluding hydrogens is 391 g/mol. The molecule has 1 atom stereocenters. The summed E-state index contributed by atoms with van der Waals surface area (Å²) in [5.74, 6) is -1.72. The SMILES string of the molecule is Cc1cccc(C(=O)NCC(=O)O[C@@H](C)C(=O)Nc2cc(Cl)ccc2Cl)c1. The van der Waals surface area contributed by atoms with Crippen molar-refractivity contribution >= 4 is 46.7 Å². The summed E-state index contributed by atoms with van der Waals surface area (Å²) in [7, 11) is 0. The Kier molecular flexibility index (Phi) is 7.21. The normalized spacial score (nSPS) is 11.4. The predicted molar refractivity (Wildman–Crippen MR) is 104 cm³/mol. The summed E-state index contributed by atoms with van der Waals surface area (Å²) in [5.41, 5.74) is 1.67. The van der Waals surface area contributed by atoms with E-state index >= 15 is 0 Å². The van der Waals surface area contributed by atoms with Crippen LogP contribution in [0.3, 0.4) is 0 Å². The molecule has 0 unspecified atom stereocenters. The van der Waals surface area contributed by atoms with Crippen molar-refractivity contribution in [3.05, 3.63) is 63.6 Å². The van der Waals surface area contributed by atoms with Crippen molar-refractivity contribution in [3.8, 4) is 0 Å². The molecular formula is C19H18Cl2N2O4. The highest BCUT2D eigenvalue weighted by atomic mass is 35.5. The molecule has 2 aromatic rings. The van der Waals surface area contributed by atoms with Crippen LogP contribution in [0, 0.1) is 6.92 Å². The van der Waals surface area contributed by atoms with Crippen LogP contribution in [0.15, 0.2) is 42.5 Å². The molecule has 0 bridgehead atoms. The lowest BCUT2D eigenvalue weighted by atomic mass is 10.1. The number of rotatable bonds is 6. The number of carbonyl (C=O) groups is 3. The van der Waals surface area contributed by atoms with Crippen LogP contribution in [0.4, 0.5) is 5.69 Å². The van der Waals surface area contributed by atoms with E-state index in [-0.39, 0.29) is 6.54 Å². The van der Waals surface area contributed by atoms with E-state index in [2.05, 4.69) is 10.6 Å². The minimum absolute atomic E-state index is 0.302. The van der Waals surface area contributed by atoms with Crippen LogP contribution < -0.4 is 10.6 Å². The fraction of sp³-hybridized carbons (Fsp3) is 0.211. The Morgan fingerprint density at radius 1 is 1.11 bits per heavy atom. The molecule has 2 N–H and O–H groups in total. The van der Waals surface area contributed by atoms with Crippen molar-refractivity contribution in [1.82, 2.24) is 5.32 Å². The minimum atomic E-state index is -1.08. The largest absolute Gasteiger partial charge is 0.451 e. The third-order valence-corrected chi connectivity index (χ3v) is 4.10. The number of esters is 1. The van der Waals surface area contributed by atoms with E-state index in [4.69, 9.17) is 27.9 Å². The number of ether oxygens (including phenoxy) is 1. The average molecular weight is 409 g/mol. The zero-order chi connectivity index (χ0) is 20.0. The van der Waals surface area contributed by atoms with Gasteiger partial charge < -0.3 is 15.4 Å². The molecule has 0 saturated heterocycles. The predicted octanol–water partition coefficient (Wildman–Crippen LogP) is 3.60. The summed E-state index contributed by atoms with van der Waals surface area (Å²) < 4.78 is 5.02. The number of carbonyl (C=O) groups excluding carboxylic acids is 3. The molecule has 0 heterocycles. The fourth-order valence-electron chi connectivity index (χ4n) is 2.16. The number of hydrogen-bond donors (Lipinski definition) is 2. The number of amides is 2. The van der Waals surface area contributed by atoms with E-state index < -0.39 is 23.9 Å². The zero-order valence-corrected chi connectivity index (χ0v) is 16.2. The van der Waals surface area contributed by atoms with E-state index in [0.717, 1.165) is 5.56 Å². The Balaban J connectivity index is 1.84. The lowest BCUT2D eigenvalue weighted by molar-refractivity contribution is -0.152. The first kappa shape index (κ1) is 20.7. The number of nitrogens with one attached hydrogen (secondary N) is 2. The Hall–Kier alpha value is -2.57. The van der Waals surface area contributed by atoms with Crippen molar-refractivity contribution in [3.63, 3.8) is 0 Å². The Morgan fingerprint density at radius 3 is 2.56 bits per heavy atom. The Labute approximate surface area is 166 Å². The van der Waals surface area contributed by atoms with Crippen LogP contribution in [0.2, 0.25) is 10.0 Å². The number of benzene rings is 2. The molecule has 2 amide bonds. The van der Waals surface area contributed by atoms with Gasteiger partial charge in [-0.1, -0.05) is 40.9 Å². The third kappa shape index (κ3) is 6.27. The highest BCUT2D eigenvalue weighted by Gasteiger charge is 2.19. The first-order valence-corrected chi connectivity index (χ1v) is 8.82. The van der Waals surface area contributed by atoms with Gasteiger partial charge in [0, 0.05) is 10.6 Å². The summed E-state index contributed by atoms with van der Waals surface area (Å²) in [4.78, 5) is 36.0. The van der Waals surface area contributed by atoms with Crippen LogP contribution in [0.25, 0.3) is 0 Å². The molecule has 0 aliphatic heterocycles. The quantitative estimate of drug-likeness (QED) is 0.714. The van der Waals surface area contributed by atoms with E-state index in [1.165, 1.54) is 19.1 Å². The van der Waals surface area contributed by atoms with Crippen LogP contribution in [0.5, 0.6) is 0 Å². The van der Waals surface area contributed by atoms with Gasteiger partial charge in [0.05, 0.1) is 10.7 Å². The van der Waals surface area contributed by atoms with Crippen molar-refractivity contribution in [1.29, 1.82) is 0 Å². The summed E-state index contributed by atoms with van der Waals surface area (Å²) in [5, 5.41) is 5.69. The number of halogens is 2. The standard InChI is InChI=1S/C19H18Cl2N2O4/c1-11-4-3-5-13(8-11)19(26)22-10-17(24)27-12(2)18(25)23-16-9-14(20)6-7-15(16)21/h3-9,12H,10H2,1-2H3,(H,22,26)(H,23,25)/t12-/m0/s1. The smallest absolute Gasteiger partial charge is 0.326 e. The number of hydrogen-bond acceptors (Lipinski definition) is 4. The van der Waals surface area contributed by atoms with E-state index in [0.29, 0.717) is 21.3 Å². The molecule has 2 aromatic carbocycles. The summed E-state index contributed by atoms with van der Waals surface area (Å²) in [6.07, 6.45) is -1.08. The van der Waals surface area contributed by atoms with Gasteiger partial charge in [-0.25, -0.2) is 0 Å². The summed E-state index contributed by atoms with van der Waals surface area (Å²) >= 11 is 11.8. The average Bonchev–Trinajstić information content (AvgIpc) is 2.62. The molecule has 0 aliphatic carbocycles. The number of aryl methyl sites for hydroxylation is 1. The Morgan fingerprint density at radius 2 is 1.85 bits per heavy atom. The van der Waals surface area contributed by atoms with Gasteiger partial charge in [-0.15, -0.1) is 0 Å². The minimum Gasteiger partial charge on any atom is -0.451 e. The number of anilines is 1. The maximum Gasteiger partial charge on any atom is 0.326 e. The van der Waals surface area contributed by atoms with Gasteiger partial charge in [0.25, 0.3) is 11.8 Å². The van der Waals surface area contributed by atoms with Crippen LogP contribution in [-0.4, -0.2) is 30.4 Å². The molecule has 142 valence electrons. The van der Waals surface area contributed by atoms with E-state index in [1.54, 1.807) is 24.3 Å². The summed E-state index contributed by atoms with van der Waals surface area (Å²) in [6, 6.07) is 11.5. The van der Waals surface area contributed by atoms with Gasteiger partial charge in [0.1, 0.15) is 6.54 Å². The van der Waals surface area contributed by atoms with Crippen molar-refractivity contribution < 1.29 is 19.1 Å². The van der Waals surface area contributed by atoms with Crippen molar-refractivity contribution in [2.45, 2.75) is 20.0 Å². The van der Waals surface area contributed by atoms with Crippen molar-refractivity contribution in [2.24, 2.45) is 0 Å². The molecule has 2 rings (SSSR count). The topological polar surface area (TPSA) is 84.5 Å². The monoisotopic (exact) mass is 408 g/mol. The van der Waals surface area contributed by atoms with Gasteiger partial charge in [-0.3, -0.25) is 14.4 Å². The molecule has 0 radical (unpaired) electrons. The van der Waals surface area contributed by atoms with Gasteiger partial charge in [-0.2, -0.15) is 0 Å². The highest BCUT2D eigenvalue weighted by Crippen LogP contribution is 2.25. The first-order valence-electron chi connectivity index (χ1n) is 8.06. The van der Waals surface area contributed by atoms with Crippen LogP contribution in [0.1, 0.15) is 22.8 Å². The zero-order valence-electron chi connectivity index (χ0n) is 14.7. The Bertz CT molecular complexity index is 871. The second-order valence-electron chi connectivity index (χ2n) is 5.80. The second-order valence-corrected chi connectivity index (χ2v) is 6.64. The molecule has 0 spiro atoms. The van der Waals surface area contributed by atoms with Crippen LogP contribution >= 0.6 is 23.2 Å². The highest BCUT2D eigenvalue weighted by molar-refractivity contribution is 6.35. The second kappa shape index (κ2) is 9.39. The molecule has 0 aliphatic rings. The van der Waals surface area contributed by atoms with E-state index in [1.807, 2.05) is 13.0 Å². The van der Waals surface area contributed by atoms with Gasteiger partial charge in [-0.05, 0) is 44.2 Å². The molecule has 0 aromatic heterocycles. The lowest BCUT2D eigenvalue weighted by Crippen LogP contribution is -2.35. The molecule has 6 nitrogen and oxygen atoms in total. The lowest BCUT2D eigenvalue weighted by Gasteiger charge is -2.14. The van der Waals surface area contributed by atoms with Gasteiger partial charge in [0.15, 0.2) is 6.10 Å². The maximum atomic E-state index is 12.1. The van der Waals surface area contributed by atoms with Crippen molar-refractivity contribution in [2.75, 3.05) is 11.9 Å². The van der Waals surface area contributed by atoms with Gasteiger partial charge >= 0.3 is 5.97 Å². The maximum absolute atomic E-state index is 12.1. The van der Waals surface area contributed by atoms with Crippen LogP contribution in [-0.2, 0) is 14.3 Å². The first-order chi connectivity index (χ1) is 12.8.